The van der Waals surface area contributed by atoms with Crippen molar-refractivity contribution in [3.05, 3.63) is 23.4 Å². The first-order valence-electron chi connectivity index (χ1n) is 6.56. The summed E-state index contributed by atoms with van der Waals surface area (Å²) in [5.41, 5.74) is 4.13. The quantitative estimate of drug-likeness (QED) is 0.885. The number of rotatable bonds is 3. The number of primary amides is 1. The standard InChI is InChI=1S/C13H16F3N3O2/c14-13(15,16)10-2-1-9(11(17)21)12(18-10)19-5-3-8(7-20)4-6-19/h1-2,8,20H,3-7H2,(H2,17,21). The first-order valence-corrected chi connectivity index (χ1v) is 6.56. The molecule has 2 heterocycles. The summed E-state index contributed by atoms with van der Waals surface area (Å²) in [6.07, 6.45) is -3.31. The number of aliphatic hydroxyl groups is 1. The summed E-state index contributed by atoms with van der Waals surface area (Å²) in [5, 5.41) is 9.08. The molecule has 0 radical (unpaired) electrons. The lowest BCUT2D eigenvalue weighted by Crippen LogP contribution is -2.37. The molecule has 0 atom stereocenters. The van der Waals surface area contributed by atoms with Crippen LogP contribution in [0.5, 0.6) is 0 Å². The molecule has 2 rings (SSSR count). The maximum atomic E-state index is 12.8. The van der Waals surface area contributed by atoms with E-state index in [1.807, 2.05) is 0 Å². The Bertz CT molecular complexity index is 526. The number of hydrogen-bond donors (Lipinski definition) is 2. The molecule has 8 heteroatoms. The second-order valence-electron chi connectivity index (χ2n) is 5.04. The van der Waals surface area contributed by atoms with Gasteiger partial charge < -0.3 is 15.7 Å². The molecule has 1 amide bonds. The number of aromatic nitrogens is 1. The van der Waals surface area contributed by atoms with Crippen molar-refractivity contribution in [1.29, 1.82) is 0 Å². The Hall–Kier alpha value is -1.83. The van der Waals surface area contributed by atoms with Gasteiger partial charge in [-0.15, -0.1) is 0 Å². The third-order valence-corrected chi connectivity index (χ3v) is 3.60. The van der Waals surface area contributed by atoms with E-state index in [0.29, 0.717) is 25.9 Å². The van der Waals surface area contributed by atoms with Gasteiger partial charge in [-0.3, -0.25) is 4.79 Å². The summed E-state index contributed by atoms with van der Waals surface area (Å²) in [5.74, 6) is -0.715. The zero-order chi connectivity index (χ0) is 15.6. The number of anilines is 1. The van der Waals surface area contributed by atoms with E-state index in [4.69, 9.17) is 10.8 Å². The average molecular weight is 303 g/mol. The Morgan fingerprint density at radius 1 is 1.38 bits per heavy atom. The monoisotopic (exact) mass is 303 g/mol. The van der Waals surface area contributed by atoms with Gasteiger partial charge in [-0.2, -0.15) is 13.2 Å². The van der Waals surface area contributed by atoms with E-state index in [9.17, 15) is 18.0 Å². The van der Waals surface area contributed by atoms with Gasteiger partial charge in [0.15, 0.2) is 0 Å². The van der Waals surface area contributed by atoms with Crippen LogP contribution in [0, 0.1) is 5.92 Å². The fourth-order valence-electron chi connectivity index (χ4n) is 2.37. The number of amides is 1. The van der Waals surface area contributed by atoms with Crippen molar-refractivity contribution in [3.8, 4) is 0 Å². The molecule has 3 N–H and O–H groups in total. The van der Waals surface area contributed by atoms with Gasteiger partial charge in [-0.05, 0) is 30.9 Å². The SMILES string of the molecule is NC(=O)c1ccc(C(F)(F)F)nc1N1CCC(CO)CC1. The van der Waals surface area contributed by atoms with Gasteiger partial charge in [0.05, 0.1) is 5.56 Å². The fraction of sp³-hybridized carbons (Fsp3) is 0.538. The van der Waals surface area contributed by atoms with Crippen LogP contribution in [0.1, 0.15) is 28.9 Å². The lowest BCUT2D eigenvalue weighted by molar-refractivity contribution is -0.141. The molecule has 1 fully saturated rings. The number of nitrogens with two attached hydrogens (primary N) is 1. The molecule has 1 aromatic heterocycles. The molecule has 0 saturated carbocycles. The first kappa shape index (κ1) is 15.6. The zero-order valence-electron chi connectivity index (χ0n) is 11.2. The van der Waals surface area contributed by atoms with Crippen LogP contribution >= 0.6 is 0 Å². The van der Waals surface area contributed by atoms with Crippen LogP contribution in [0.3, 0.4) is 0 Å². The number of piperidine rings is 1. The summed E-state index contributed by atoms with van der Waals surface area (Å²) in [4.78, 5) is 16.6. The summed E-state index contributed by atoms with van der Waals surface area (Å²) in [6, 6.07) is 1.82. The molecular weight excluding hydrogens is 287 g/mol. The highest BCUT2D eigenvalue weighted by molar-refractivity contribution is 5.97. The van der Waals surface area contributed by atoms with Crippen LogP contribution in [0.2, 0.25) is 0 Å². The maximum Gasteiger partial charge on any atom is 0.433 e. The van der Waals surface area contributed by atoms with E-state index in [1.165, 1.54) is 0 Å². The number of carbonyl (C=O) groups is 1. The van der Waals surface area contributed by atoms with Crippen LogP contribution < -0.4 is 10.6 Å². The lowest BCUT2D eigenvalue weighted by atomic mass is 9.97. The Balaban J connectivity index is 2.33. The fourth-order valence-corrected chi connectivity index (χ4v) is 2.37. The van der Waals surface area contributed by atoms with E-state index >= 15 is 0 Å². The van der Waals surface area contributed by atoms with Gasteiger partial charge in [-0.25, -0.2) is 4.98 Å². The van der Waals surface area contributed by atoms with Crippen LogP contribution in [0.15, 0.2) is 12.1 Å². The molecule has 0 aliphatic carbocycles. The molecule has 0 bridgehead atoms. The average Bonchev–Trinajstić information content (AvgIpc) is 2.45. The molecule has 5 nitrogen and oxygen atoms in total. The van der Waals surface area contributed by atoms with Crippen molar-refractivity contribution in [3.63, 3.8) is 0 Å². The van der Waals surface area contributed by atoms with Crippen LogP contribution in [-0.2, 0) is 6.18 Å². The largest absolute Gasteiger partial charge is 0.433 e. The second-order valence-corrected chi connectivity index (χ2v) is 5.04. The van der Waals surface area contributed by atoms with Gasteiger partial charge in [0.25, 0.3) is 5.91 Å². The molecular formula is C13H16F3N3O2. The maximum absolute atomic E-state index is 12.8. The van der Waals surface area contributed by atoms with Crippen LogP contribution in [-0.4, -0.2) is 35.7 Å². The molecule has 1 saturated heterocycles. The van der Waals surface area contributed by atoms with Crippen molar-refractivity contribution < 1.29 is 23.1 Å². The van der Waals surface area contributed by atoms with E-state index in [1.54, 1.807) is 4.90 Å². The van der Waals surface area contributed by atoms with Gasteiger partial charge in [0.2, 0.25) is 0 Å². The minimum Gasteiger partial charge on any atom is -0.396 e. The Kier molecular flexibility index (Phi) is 4.36. The number of aliphatic hydroxyl groups excluding tert-OH is 1. The van der Waals surface area contributed by atoms with E-state index in [2.05, 4.69) is 4.98 Å². The molecule has 1 aliphatic rings. The second kappa shape index (κ2) is 5.88. The number of pyridine rings is 1. The molecule has 1 aromatic rings. The number of nitrogens with zero attached hydrogens (tertiary/aromatic N) is 2. The summed E-state index contributed by atoms with van der Waals surface area (Å²) < 4.78 is 38.3. The highest BCUT2D eigenvalue weighted by Crippen LogP contribution is 2.31. The van der Waals surface area contributed by atoms with Gasteiger partial charge in [0, 0.05) is 19.7 Å². The van der Waals surface area contributed by atoms with Gasteiger partial charge >= 0.3 is 6.18 Å². The summed E-state index contributed by atoms with van der Waals surface area (Å²) >= 11 is 0. The van der Waals surface area contributed by atoms with Crippen LogP contribution in [0.4, 0.5) is 19.0 Å². The third kappa shape index (κ3) is 3.44. The summed E-state index contributed by atoms with van der Waals surface area (Å²) in [6.45, 7) is 0.909. The molecule has 116 valence electrons. The predicted molar refractivity (Wildman–Crippen MR) is 69.8 cm³/mol. The zero-order valence-corrected chi connectivity index (χ0v) is 11.2. The van der Waals surface area contributed by atoms with Crippen molar-refractivity contribution >= 4 is 11.7 Å². The summed E-state index contributed by atoms with van der Waals surface area (Å²) in [7, 11) is 0. The highest BCUT2D eigenvalue weighted by Gasteiger charge is 2.34. The number of hydrogen-bond acceptors (Lipinski definition) is 4. The van der Waals surface area contributed by atoms with Crippen molar-refractivity contribution in [2.45, 2.75) is 19.0 Å². The molecule has 0 aromatic carbocycles. The topological polar surface area (TPSA) is 79.5 Å². The van der Waals surface area contributed by atoms with Gasteiger partial charge in [0.1, 0.15) is 11.5 Å². The smallest absolute Gasteiger partial charge is 0.396 e. The van der Waals surface area contributed by atoms with Crippen molar-refractivity contribution in [1.82, 2.24) is 4.98 Å². The molecule has 0 unspecified atom stereocenters. The Morgan fingerprint density at radius 2 is 2.00 bits per heavy atom. The number of carbonyl (C=O) groups excluding carboxylic acids is 1. The number of alkyl halides is 3. The van der Waals surface area contributed by atoms with E-state index in [-0.39, 0.29) is 23.9 Å². The number of halogens is 3. The molecule has 1 aliphatic heterocycles. The predicted octanol–water partition coefficient (Wildman–Crippen LogP) is 1.41. The Labute approximate surface area is 119 Å². The third-order valence-electron chi connectivity index (χ3n) is 3.60. The van der Waals surface area contributed by atoms with Crippen molar-refractivity contribution in [2.24, 2.45) is 11.7 Å². The van der Waals surface area contributed by atoms with Gasteiger partial charge in [-0.1, -0.05) is 0 Å². The normalized spacial score (nSPS) is 17.0. The Morgan fingerprint density at radius 3 is 2.48 bits per heavy atom. The minimum absolute atomic E-state index is 0.0227. The molecule has 0 spiro atoms. The van der Waals surface area contributed by atoms with Crippen LogP contribution in [0.25, 0.3) is 0 Å². The van der Waals surface area contributed by atoms with Crippen molar-refractivity contribution in [2.75, 3.05) is 24.6 Å². The lowest BCUT2D eigenvalue weighted by Gasteiger charge is -2.33. The minimum atomic E-state index is -4.58. The molecule has 21 heavy (non-hydrogen) atoms. The van der Waals surface area contributed by atoms with E-state index < -0.39 is 17.8 Å². The van der Waals surface area contributed by atoms with E-state index in [0.717, 1.165) is 12.1 Å². The first-order chi connectivity index (χ1) is 9.82. The highest BCUT2D eigenvalue weighted by atomic mass is 19.4.